The molecule has 2 aliphatic rings. The molecule has 2 aliphatic heterocycles. The van der Waals surface area contributed by atoms with Crippen LogP contribution in [0, 0.1) is 0 Å². The molecule has 1 atom stereocenters. The standard InChI is InChI=1S/C16H19N3O2/c1-2-12(17-5-1)9-16-18-10-13(19-16)11-3-4-14-15(8-11)21-7-6-20-14/h3-4,8,10,12,17H,1-2,5-7,9H2,(H,18,19). The molecule has 0 spiro atoms. The molecule has 5 heteroatoms. The summed E-state index contributed by atoms with van der Waals surface area (Å²) in [6.07, 6.45) is 5.36. The van der Waals surface area contributed by atoms with Crippen LogP contribution in [0.3, 0.4) is 0 Å². The third-order valence-electron chi connectivity index (χ3n) is 4.08. The Kier molecular flexibility index (Phi) is 3.27. The van der Waals surface area contributed by atoms with E-state index in [9.17, 15) is 0 Å². The zero-order valence-corrected chi connectivity index (χ0v) is 11.9. The summed E-state index contributed by atoms with van der Waals surface area (Å²) in [6.45, 7) is 2.35. The monoisotopic (exact) mass is 285 g/mol. The molecule has 0 amide bonds. The molecule has 4 rings (SSSR count). The predicted octanol–water partition coefficient (Wildman–Crippen LogP) is 2.14. The van der Waals surface area contributed by atoms with Gasteiger partial charge in [0.2, 0.25) is 0 Å². The van der Waals surface area contributed by atoms with Gasteiger partial charge in [0.25, 0.3) is 0 Å². The lowest BCUT2D eigenvalue weighted by molar-refractivity contribution is 0.171. The number of aromatic nitrogens is 2. The minimum absolute atomic E-state index is 0.560. The first-order valence-electron chi connectivity index (χ1n) is 7.56. The van der Waals surface area contributed by atoms with Crippen LogP contribution in [0.4, 0.5) is 0 Å². The van der Waals surface area contributed by atoms with Gasteiger partial charge in [-0.05, 0) is 37.6 Å². The summed E-state index contributed by atoms with van der Waals surface area (Å²) < 4.78 is 11.2. The topological polar surface area (TPSA) is 59.2 Å². The van der Waals surface area contributed by atoms with Crippen molar-refractivity contribution in [2.75, 3.05) is 19.8 Å². The summed E-state index contributed by atoms with van der Waals surface area (Å²) >= 11 is 0. The first-order valence-corrected chi connectivity index (χ1v) is 7.56. The molecule has 21 heavy (non-hydrogen) atoms. The molecule has 110 valence electrons. The first-order chi connectivity index (χ1) is 10.4. The summed E-state index contributed by atoms with van der Waals surface area (Å²) in [4.78, 5) is 7.92. The highest BCUT2D eigenvalue weighted by molar-refractivity contribution is 5.63. The van der Waals surface area contributed by atoms with Gasteiger partial charge in [-0.3, -0.25) is 0 Å². The Morgan fingerprint density at radius 3 is 2.95 bits per heavy atom. The van der Waals surface area contributed by atoms with Gasteiger partial charge < -0.3 is 19.8 Å². The molecule has 1 aromatic carbocycles. The van der Waals surface area contributed by atoms with E-state index in [4.69, 9.17) is 9.47 Å². The molecule has 3 heterocycles. The van der Waals surface area contributed by atoms with Gasteiger partial charge in [-0.25, -0.2) is 4.98 Å². The van der Waals surface area contributed by atoms with Crippen LogP contribution >= 0.6 is 0 Å². The minimum atomic E-state index is 0.560. The van der Waals surface area contributed by atoms with Crippen LogP contribution in [0.25, 0.3) is 11.3 Å². The van der Waals surface area contributed by atoms with E-state index in [1.165, 1.54) is 12.8 Å². The summed E-state index contributed by atoms with van der Waals surface area (Å²) in [6, 6.07) is 6.57. The highest BCUT2D eigenvalue weighted by atomic mass is 16.6. The van der Waals surface area contributed by atoms with Crippen LogP contribution < -0.4 is 14.8 Å². The quantitative estimate of drug-likeness (QED) is 0.907. The smallest absolute Gasteiger partial charge is 0.162 e. The van der Waals surface area contributed by atoms with Crippen molar-refractivity contribution in [3.05, 3.63) is 30.2 Å². The fraction of sp³-hybridized carbons (Fsp3) is 0.438. The Balaban J connectivity index is 1.54. The maximum atomic E-state index is 5.63. The molecule has 2 aromatic rings. The molecule has 1 unspecified atom stereocenters. The van der Waals surface area contributed by atoms with E-state index in [-0.39, 0.29) is 0 Å². The van der Waals surface area contributed by atoms with Gasteiger partial charge in [0, 0.05) is 18.0 Å². The molecule has 0 bridgehead atoms. The zero-order valence-electron chi connectivity index (χ0n) is 11.9. The second kappa shape index (κ2) is 5.41. The molecule has 0 saturated carbocycles. The number of hydrogen-bond acceptors (Lipinski definition) is 4. The molecular formula is C16H19N3O2. The highest BCUT2D eigenvalue weighted by Gasteiger charge is 2.17. The second-order valence-electron chi connectivity index (χ2n) is 5.60. The van der Waals surface area contributed by atoms with E-state index in [2.05, 4.69) is 15.3 Å². The van der Waals surface area contributed by atoms with Gasteiger partial charge in [-0.1, -0.05) is 0 Å². The number of hydrogen-bond donors (Lipinski definition) is 2. The minimum Gasteiger partial charge on any atom is -0.486 e. The number of rotatable bonds is 3. The lowest BCUT2D eigenvalue weighted by Crippen LogP contribution is -2.24. The number of ether oxygens (including phenoxy) is 2. The Morgan fingerprint density at radius 1 is 1.19 bits per heavy atom. The zero-order chi connectivity index (χ0) is 14.1. The van der Waals surface area contributed by atoms with Crippen molar-refractivity contribution in [1.29, 1.82) is 0 Å². The Hall–Kier alpha value is -2.01. The number of nitrogens with zero attached hydrogens (tertiary/aromatic N) is 1. The van der Waals surface area contributed by atoms with E-state index < -0.39 is 0 Å². The molecule has 2 N–H and O–H groups in total. The fourth-order valence-electron chi connectivity index (χ4n) is 2.99. The molecule has 1 aromatic heterocycles. The maximum Gasteiger partial charge on any atom is 0.162 e. The van der Waals surface area contributed by atoms with Crippen LogP contribution in [0.1, 0.15) is 18.7 Å². The number of imidazole rings is 1. The normalized spacial score (nSPS) is 20.7. The number of aromatic amines is 1. The number of benzene rings is 1. The summed E-state index contributed by atoms with van der Waals surface area (Å²) in [5.41, 5.74) is 2.11. The third kappa shape index (κ3) is 2.61. The highest BCUT2D eigenvalue weighted by Crippen LogP contribution is 2.34. The molecular weight excluding hydrogens is 266 g/mol. The van der Waals surface area contributed by atoms with Crippen molar-refractivity contribution in [1.82, 2.24) is 15.3 Å². The molecule has 1 fully saturated rings. The van der Waals surface area contributed by atoms with Crippen molar-refractivity contribution in [3.8, 4) is 22.8 Å². The number of H-pyrrole nitrogens is 1. The average molecular weight is 285 g/mol. The Morgan fingerprint density at radius 2 is 2.10 bits per heavy atom. The van der Waals surface area contributed by atoms with Crippen molar-refractivity contribution >= 4 is 0 Å². The van der Waals surface area contributed by atoms with Crippen molar-refractivity contribution in [2.45, 2.75) is 25.3 Å². The van der Waals surface area contributed by atoms with Gasteiger partial charge in [0.1, 0.15) is 19.0 Å². The second-order valence-corrected chi connectivity index (χ2v) is 5.60. The Bertz CT molecular complexity index is 632. The van der Waals surface area contributed by atoms with Gasteiger partial charge in [-0.2, -0.15) is 0 Å². The summed E-state index contributed by atoms with van der Waals surface area (Å²) in [5.74, 6) is 2.67. The van der Waals surface area contributed by atoms with Crippen LogP contribution in [-0.4, -0.2) is 35.8 Å². The van der Waals surface area contributed by atoms with Gasteiger partial charge in [0.05, 0.1) is 11.9 Å². The predicted molar refractivity (Wildman–Crippen MR) is 79.7 cm³/mol. The van der Waals surface area contributed by atoms with Gasteiger partial charge in [-0.15, -0.1) is 0 Å². The summed E-state index contributed by atoms with van der Waals surface area (Å²) in [5, 5.41) is 3.50. The molecule has 0 aliphatic carbocycles. The third-order valence-corrected chi connectivity index (χ3v) is 4.08. The van der Waals surface area contributed by atoms with Crippen LogP contribution in [0.5, 0.6) is 11.5 Å². The lowest BCUT2D eigenvalue weighted by Gasteiger charge is -2.18. The van der Waals surface area contributed by atoms with E-state index in [0.717, 1.165) is 41.5 Å². The average Bonchev–Trinajstić information content (AvgIpc) is 3.19. The van der Waals surface area contributed by atoms with Gasteiger partial charge in [0.15, 0.2) is 11.5 Å². The van der Waals surface area contributed by atoms with Crippen molar-refractivity contribution in [3.63, 3.8) is 0 Å². The van der Waals surface area contributed by atoms with Crippen LogP contribution in [-0.2, 0) is 6.42 Å². The molecule has 0 radical (unpaired) electrons. The van der Waals surface area contributed by atoms with Crippen molar-refractivity contribution in [2.24, 2.45) is 0 Å². The van der Waals surface area contributed by atoms with Crippen LogP contribution in [0.15, 0.2) is 24.4 Å². The van der Waals surface area contributed by atoms with Crippen LogP contribution in [0.2, 0.25) is 0 Å². The molecule has 5 nitrogen and oxygen atoms in total. The van der Waals surface area contributed by atoms with Gasteiger partial charge >= 0.3 is 0 Å². The number of nitrogens with one attached hydrogen (secondary N) is 2. The maximum absolute atomic E-state index is 5.63. The van der Waals surface area contributed by atoms with E-state index >= 15 is 0 Å². The lowest BCUT2D eigenvalue weighted by atomic mass is 10.1. The molecule has 1 saturated heterocycles. The van der Waals surface area contributed by atoms with Crippen molar-refractivity contribution < 1.29 is 9.47 Å². The SMILES string of the molecule is c1cc2c(cc1-c1cnc(CC3CCCN3)[nH]1)OCCO2. The summed E-state index contributed by atoms with van der Waals surface area (Å²) in [7, 11) is 0. The Labute approximate surface area is 123 Å². The number of fused-ring (bicyclic) bond motifs is 1. The largest absolute Gasteiger partial charge is 0.486 e. The fourth-order valence-corrected chi connectivity index (χ4v) is 2.99. The van der Waals surface area contributed by atoms with E-state index in [0.29, 0.717) is 19.3 Å². The first kappa shape index (κ1) is 12.7. The van der Waals surface area contributed by atoms with E-state index in [1.807, 2.05) is 24.4 Å². The van der Waals surface area contributed by atoms with E-state index in [1.54, 1.807) is 0 Å².